The molecule has 0 aromatic carbocycles. The second-order valence-corrected chi connectivity index (χ2v) is 5.73. The Kier molecular flexibility index (Phi) is 5.17. The highest BCUT2D eigenvalue weighted by molar-refractivity contribution is 5.86. The molecule has 5 heteroatoms. The smallest absolute Gasteiger partial charge is 0.0764 e. The molecule has 0 amide bonds. The van der Waals surface area contributed by atoms with Gasteiger partial charge in [0.2, 0.25) is 0 Å². The summed E-state index contributed by atoms with van der Waals surface area (Å²) < 4.78 is 2.10. The Morgan fingerprint density at radius 3 is 2.80 bits per heavy atom. The highest BCUT2D eigenvalue weighted by Gasteiger charge is 2.23. The van der Waals surface area contributed by atoms with Gasteiger partial charge in [0.25, 0.3) is 0 Å². The average molecular weight is 278 g/mol. The summed E-state index contributed by atoms with van der Waals surface area (Å²) in [7, 11) is 0. The fourth-order valence-electron chi connectivity index (χ4n) is 2.95. The molecule has 1 aliphatic rings. The summed E-state index contributed by atoms with van der Waals surface area (Å²) >= 11 is 0. The van der Waals surface area contributed by atoms with E-state index in [0.29, 0.717) is 12.0 Å². The van der Waals surface area contributed by atoms with E-state index < -0.39 is 0 Å². The molecule has 112 valence electrons. The van der Waals surface area contributed by atoms with E-state index in [2.05, 4.69) is 47.8 Å². The van der Waals surface area contributed by atoms with Crippen molar-refractivity contribution in [3.05, 3.63) is 18.0 Å². The number of rotatable bonds is 5. The van der Waals surface area contributed by atoms with Crippen LogP contribution in [-0.4, -0.2) is 38.7 Å². The van der Waals surface area contributed by atoms with Gasteiger partial charge in [0.05, 0.1) is 17.4 Å². The van der Waals surface area contributed by atoms with E-state index in [1.807, 2.05) is 0 Å². The molecule has 1 atom stereocenters. The first kappa shape index (κ1) is 15.0. The molecular weight excluding hydrogens is 252 g/mol. The van der Waals surface area contributed by atoms with Crippen molar-refractivity contribution in [2.24, 2.45) is 11.1 Å². The molecule has 5 nitrogen and oxygen atoms in total. The number of hydrogen-bond donors (Lipinski definition) is 1. The standard InChI is InChI=1S/C15H26N4O/c1-4-14(5-2)19-9-6-13(16-19)11-18-8-7-15(17-20)12(3)10-18/h6,9,12,14,20H,4-5,7-8,10-11H2,1-3H3/b17-15-. The molecule has 2 rings (SSSR count). The highest BCUT2D eigenvalue weighted by Crippen LogP contribution is 2.18. The monoisotopic (exact) mass is 278 g/mol. The maximum atomic E-state index is 8.91. The van der Waals surface area contributed by atoms with E-state index in [1.54, 1.807) is 0 Å². The minimum absolute atomic E-state index is 0.329. The summed E-state index contributed by atoms with van der Waals surface area (Å²) in [6.07, 6.45) is 5.19. The summed E-state index contributed by atoms with van der Waals surface area (Å²) in [6.45, 7) is 9.30. The molecule has 1 unspecified atom stereocenters. The number of hydrogen-bond acceptors (Lipinski definition) is 4. The van der Waals surface area contributed by atoms with Crippen molar-refractivity contribution in [3.63, 3.8) is 0 Å². The zero-order valence-electron chi connectivity index (χ0n) is 12.8. The van der Waals surface area contributed by atoms with Crippen LogP contribution in [0.1, 0.15) is 51.8 Å². The average Bonchev–Trinajstić information content (AvgIpc) is 2.89. The van der Waals surface area contributed by atoms with Crippen molar-refractivity contribution >= 4 is 5.71 Å². The van der Waals surface area contributed by atoms with Crippen LogP contribution in [-0.2, 0) is 6.54 Å². The number of likely N-dealkylation sites (tertiary alicyclic amines) is 1. The van der Waals surface area contributed by atoms with Gasteiger partial charge < -0.3 is 5.21 Å². The third-order valence-electron chi connectivity index (χ3n) is 4.28. The van der Waals surface area contributed by atoms with Crippen molar-refractivity contribution < 1.29 is 5.21 Å². The number of aromatic nitrogens is 2. The molecular formula is C15H26N4O. The van der Waals surface area contributed by atoms with Gasteiger partial charge in [-0.05, 0) is 18.9 Å². The lowest BCUT2D eigenvalue weighted by molar-refractivity contribution is 0.225. The first-order valence-electron chi connectivity index (χ1n) is 7.65. The van der Waals surface area contributed by atoms with E-state index in [0.717, 1.165) is 50.3 Å². The van der Waals surface area contributed by atoms with Crippen LogP contribution in [0.2, 0.25) is 0 Å². The number of nitrogens with zero attached hydrogens (tertiary/aromatic N) is 4. The summed E-state index contributed by atoms with van der Waals surface area (Å²) in [5, 5.41) is 17.0. The minimum Gasteiger partial charge on any atom is -0.411 e. The molecule has 1 aromatic rings. The van der Waals surface area contributed by atoms with Crippen molar-refractivity contribution in [1.29, 1.82) is 0 Å². The summed E-state index contributed by atoms with van der Waals surface area (Å²) in [6, 6.07) is 2.63. The Bertz CT molecular complexity index is 450. The van der Waals surface area contributed by atoms with Gasteiger partial charge in [-0.1, -0.05) is 25.9 Å². The quantitative estimate of drug-likeness (QED) is 0.665. The van der Waals surface area contributed by atoms with Crippen molar-refractivity contribution in [3.8, 4) is 0 Å². The molecule has 0 spiro atoms. The lowest BCUT2D eigenvalue weighted by Gasteiger charge is -2.30. The van der Waals surface area contributed by atoms with Crippen LogP contribution in [0.25, 0.3) is 0 Å². The minimum atomic E-state index is 0.329. The number of piperidine rings is 1. The van der Waals surface area contributed by atoms with E-state index in [9.17, 15) is 0 Å². The van der Waals surface area contributed by atoms with E-state index in [1.165, 1.54) is 0 Å². The molecule has 2 heterocycles. The number of oxime groups is 1. The highest BCUT2D eigenvalue weighted by atomic mass is 16.4. The lowest BCUT2D eigenvalue weighted by Crippen LogP contribution is -2.39. The second kappa shape index (κ2) is 6.88. The van der Waals surface area contributed by atoms with E-state index >= 15 is 0 Å². The van der Waals surface area contributed by atoms with Crippen molar-refractivity contribution in [2.45, 2.75) is 52.6 Å². The van der Waals surface area contributed by atoms with Gasteiger partial charge in [-0.3, -0.25) is 9.58 Å². The predicted octanol–water partition coefficient (Wildman–Crippen LogP) is 2.92. The molecule has 1 saturated heterocycles. The Labute approximate surface area is 121 Å². The molecule has 1 fully saturated rings. The van der Waals surface area contributed by atoms with Crippen LogP contribution in [0.5, 0.6) is 0 Å². The molecule has 0 bridgehead atoms. The zero-order valence-corrected chi connectivity index (χ0v) is 12.8. The topological polar surface area (TPSA) is 53.7 Å². The van der Waals surface area contributed by atoms with Gasteiger partial charge in [-0.15, -0.1) is 0 Å². The van der Waals surface area contributed by atoms with Gasteiger partial charge in [-0.2, -0.15) is 5.10 Å². The molecule has 1 N–H and O–H groups in total. The summed E-state index contributed by atoms with van der Waals surface area (Å²) in [5.74, 6) is 0.329. The Balaban J connectivity index is 1.94. The molecule has 0 saturated carbocycles. The van der Waals surface area contributed by atoms with Gasteiger partial charge in [0.15, 0.2) is 0 Å². The van der Waals surface area contributed by atoms with Crippen LogP contribution < -0.4 is 0 Å². The second-order valence-electron chi connectivity index (χ2n) is 5.73. The lowest BCUT2D eigenvalue weighted by atomic mass is 9.97. The largest absolute Gasteiger partial charge is 0.411 e. The van der Waals surface area contributed by atoms with Gasteiger partial charge in [-0.25, -0.2) is 0 Å². The Hall–Kier alpha value is -1.36. The third-order valence-corrected chi connectivity index (χ3v) is 4.28. The van der Waals surface area contributed by atoms with Gasteiger partial charge in [0.1, 0.15) is 0 Å². The Morgan fingerprint density at radius 1 is 1.45 bits per heavy atom. The first-order valence-corrected chi connectivity index (χ1v) is 7.65. The van der Waals surface area contributed by atoms with E-state index in [-0.39, 0.29) is 0 Å². The SMILES string of the molecule is CCC(CC)n1ccc(CN2CC/C(=N/O)C(C)C2)n1. The molecule has 20 heavy (non-hydrogen) atoms. The van der Waals surface area contributed by atoms with Gasteiger partial charge in [0, 0.05) is 38.2 Å². The molecule has 1 aromatic heterocycles. The maximum absolute atomic E-state index is 8.91. The Morgan fingerprint density at radius 2 is 2.20 bits per heavy atom. The predicted molar refractivity (Wildman–Crippen MR) is 80.1 cm³/mol. The maximum Gasteiger partial charge on any atom is 0.0764 e. The van der Waals surface area contributed by atoms with Crippen molar-refractivity contribution in [2.75, 3.05) is 13.1 Å². The van der Waals surface area contributed by atoms with Crippen LogP contribution in [0, 0.1) is 5.92 Å². The van der Waals surface area contributed by atoms with E-state index in [4.69, 9.17) is 10.3 Å². The van der Waals surface area contributed by atoms with Crippen LogP contribution in [0.4, 0.5) is 0 Å². The normalized spacial score (nSPS) is 22.8. The molecule has 1 aliphatic heterocycles. The van der Waals surface area contributed by atoms with Crippen molar-refractivity contribution in [1.82, 2.24) is 14.7 Å². The molecule has 0 aliphatic carbocycles. The summed E-state index contributed by atoms with van der Waals surface area (Å²) in [4.78, 5) is 2.39. The fraction of sp³-hybridized carbons (Fsp3) is 0.733. The first-order chi connectivity index (χ1) is 9.67. The van der Waals surface area contributed by atoms with Crippen LogP contribution in [0.15, 0.2) is 17.4 Å². The van der Waals surface area contributed by atoms with Crippen LogP contribution >= 0.6 is 0 Å². The van der Waals surface area contributed by atoms with Gasteiger partial charge >= 0.3 is 0 Å². The zero-order chi connectivity index (χ0) is 14.5. The molecule has 0 radical (unpaired) electrons. The summed E-state index contributed by atoms with van der Waals surface area (Å²) in [5.41, 5.74) is 2.05. The third kappa shape index (κ3) is 3.39. The van der Waals surface area contributed by atoms with Crippen LogP contribution in [0.3, 0.4) is 0 Å². The fourth-order valence-corrected chi connectivity index (χ4v) is 2.95.